The molecule has 41 heavy (non-hydrogen) atoms. The Morgan fingerprint density at radius 3 is 2.29 bits per heavy atom. The Kier molecular flexibility index (Phi) is 4.76. The number of aromatic nitrogens is 2. The summed E-state index contributed by atoms with van der Waals surface area (Å²) in [6, 6.07) is 46.5. The van der Waals surface area contributed by atoms with E-state index in [9.17, 15) is 0 Å². The zero-order chi connectivity index (χ0) is 26.9. The van der Waals surface area contributed by atoms with E-state index in [2.05, 4.69) is 138 Å². The quantitative estimate of drug-likeness (QED) is 0.207. The fourth-order valence-corrected chi connectivity index (χ4v) is 6.90. The largest absolute Gasteiger partial charge is 0.292 e. The molecule has 2 aromatic heterocycles. The Labute approximate surface area is 237 Å². The zero-order valence-corrected chi connectivity index (χ0v) is 22.5. The van der Waals surface area contributed by atoms with Crippen molar-refractivity contribution in [3.8, 4) is 11.1 Å². The molecule has 0 fully saturated rings. The van der Waals surface area contributed by atoms with Crippen molar-refractivity contribution in [3.05, 3.63) is 150 Å². The summed E-state index contributed by atoms with van der Waals surface area (Å²) in [6.07, 6.45) is 4.61. The van der Waals surface area contributed by atoms with E-state index in [-0.39, 0.29) is 0 Å². The second-order valence-electron chi connectivity index (χ2n) is 11.1. The SMILES string of the molecule is C1=C(c2ccc(-c3ccc4c(c3)c3ccc5ccccc5c3c3nc5ccccc5n43)cc2)c2ccccc2CC1. The Morgan fingerprint density at radius 2 is 1.34 bits per heavy atom. The molecule has 0 bridgehead atoms. The lowest BCUT2D eigenvalue weighted by atomic mass is 9.86. The van der Waals surface area contributed by atoms with Crippen molar-refractivity contribution < 1.29 is 0 Å². The summed E-state index contributed by atoms with van der Waals surface area (Å²) in [5, 5.41) is 6.17. The highest BCUT2D eigenvalue weighted by molar-refractivity contribution is 6.23. The maximum Gasteiger partial charge on any atom is 0.147 e. The fourth-order valence-electron chi connectivity index (χ4n) is 6.90. The number of hydrogen-bond donors (Lipinski definition) is 0. The third kappa shape index (κ3) is 3.34. The molecule has 2 heterocycles. The topological polar surface area (TPSA) is 17.3 Å². The van der Waals surface area contributed by atoms with Crippen LogP contribution in [0, 0.1) is 0 Å². The lowest BCUT2D eigenvalue weighted by molar-refractivity contribution is 0.978. The summed E-state index contributed by atoms with van der Waals surface area (Å²) < 4.78 is 2.35. The van der Waals surface area contributed by atoms with Crippen LogP contribution in [0.25, 0.3) is 65.8 Å². The monoisotopic (exact) mass is 522 g/mol. The first-order chi connectivity index (χ1) is 20.3. The van der Waals surface area contributed by atoms with Crippen LogP contribution in [0.2, 0.25) is 0 Å². The van der Waals surface area contributed by atoms with Crippen molar-refractivity contribution in [2.24, 2.45) is 0 Å². The van der Waals surface area contributed by atoms with Crippen molar-refractivity contribution >= 4 is 54.7 Å². The standard InChI is InChI=1S/C39H26N2/c1-3-11-30-26(8-1)10-7-13-31(30)28-18-16-25(17-19-28)29-21-23-36-34(24-29)33-22-20-27-9-2-4-12-32(27)38(33)39-40-35-14-5-6-15-37(35)41(36)39/h1-6,8-9,11-24H,7,10H2. The van der Waals surface area contributed by atoms with Crippen LogP contribution < -0.4 is 0 Å². The highest BCUT2D eigenvalue weighted by Crippen LogP contribution is 2.39. The van der Waals surface area contributed by atoms with Crippen LogP contribution in [0.1, 0.15) is 23.1 Å². The summed E-state index contributed by atoms with van der Waals surface area (Å²) in [4.78, 5) is 5.15. The van der Waals surface area contributed by atoms with E-state index in [1.54, 1.807) is 0 Å². The molecule has 0 amide bonds. The molecule has 6 aromatic carbocycles. The molecule has 0 saturated carbocycles. The first-order valence-electron chi connectivity index (χ1n) is 14.4. The summed E-state index contributed by atoms with van der Waals surface area (Å²) in [5.41, 5.74) is 12.3. The Hall–Kier alpha value is -5.21. The Bertz CT molecular complexity index is 2350. The van der Waals surface area contributed by atoms with Gasteiger partial charge in [-0.05, 0) is 86.7 Å². The molecule has 2 nitrogen and oxygen atoms in total. The highest BCUT2D eigenvalue weighted by Gasteiger charge is 2.17. The van der Waals surface area contributed by atoms with Crippen molar-refractivity contribution in [1.29, 1.82) is 0 Å². The summed E-state index contributed by atoms with van der Waals surface area (Å²) >= 11 is 0. The van der Waals surface area contributed by atoms with E-state index in [1.165, 1.54) is 65.8 Å². The van der Waals surface area contributed by atoms with E-state index in [0.29, 0.717) is 0 Å². The van der Waals surface area contributed by atoms with Gasteiger partial charge in [0, 0.05) is 10.8 Å². The van der Waals surface area contributed by atoms with Gasteiger partial charge in [0.15, 0.2) is 0 Å². The molecule has 1 aliphatic carbocycles. The molecule has 0 radical (unpaired) electrons. The minimum atomic E-state index is 1.02. The van der Waals surface area contributed by atoms with Gasteiger partial charge in [-0.2, -0.15) is 0 Å². The second kappa shape index (κ2) is 8.64. The third-order valence-corrected chi connectivity index (χ3v) is 8.84. The van der Waals surface area contributed by atoms with Crippen LogP contribution >= 0.6 is 0 Å². The number of rotatable bonds is 2. The Morgan fingerprint density at radius 1 is 0.561 bits per heavy atom. The van der Waals surface area contributed by atoms with Gasteiger partial charge in [-0.3, -0.25) is 4.40 Å². The van der Waals surface area contributed by atoms with Crippen LogP contribution in [0.5, 0.6) is 0 Å². The third-order valence-electron chi connectivity index (χ3n) is 8.84. The fraction of sp³-hybridized carbons (Fsp3) is 0.0513. The minimum Gasteiger partial charge on any atom is -0.292 e. The molecule has 0 spiro atoms. The lowest BCUT2D eigenvalue weighted by Gasteiger charge is -2.18. The van der Waals surface area contributed by atoms with Gasteiger partial charge in [-0.1, -0.05) is 109 Å². The predicted octanol–water partition coefficient (Wildman–Crippen LogP) is 9.99. The molecule has 8 aromatic rings. The smallest absolute Gasteiger partial charge is 0.147 e. The van der Waals surface area contributed by atoms with Gasteiger partial charge in [0.05, 0.1) is 16.6 Å². The van der Waals surface area contributed by atoms with E-state index in [1.807, 2.05) is 0 Å². The number of nitrogens with zero attached hydrogens (tertiary/aromatic N) is 2. The van der Waals surface area contributed by atoms with Crippen molar-refractivity contribution in [2.45, 2.75) is 12.8 Å². The van der Waals surface area contributed by atoms with Gasteiger partial charge in [-0.15, -0.1) is 0 Å². The molecule has 1 aliphatic rings. The number of fused-ring (bicyclic) bond motifs is 11. The van der Waals surface area contributed by atoms with Gasteiger partial charge in [-0.25, -0.2) is 4.98 Å². The number of aryl methyl sites for hydroxylation is 1. The van der Waals surface area contributed by atoms with Crippen LogP contribution in [0.3, 0.4) is 0 Å². The van der Waals surface area contributed by atoms with Crippen molar-refractivity contribution in [3.63, 3.8) is 0 Å². The lowest BCUT2D eigenvalue weighted by Crippen LogP contribution is -2.00. The van der Waals surface area contributed by atoms with Crippen LogP contribution in [-0.4, -0.2) is 9.38 Å². The second-order valence-corrected chi connectivity index (χ2v) is 11.1. The maximum atomic E-state index is 5.15. The number of hydrogen-bond acceptors (Lipinski definition) is 1. The molecule has 0 unspecified atom stereocenters. The predicted molar refractivity (Wildman–Crippen MR) is 172 cm³/mol. The normalized spacial score (nSPS) is 13.3. The molecular formula is C39H26N2. The number of benzene rings is 6. The molecule has 0 N–H and O–H groups in total. The highest BCUT2D eigenvalue weighted by atomic mass is 15.0. The van der Waals surface area contributed by atoms with Gasteiger partial charge in [0.1, 0.15) is 5.65 Å². The molecule has 0 aliphatic heterocycles. The van der Waals surface area contributed by atoms with Crippen molar-refractivity contribution in [2.75, 3.05) is 0 Å². The first-order valence-corrected chi connectivity index (χ1v) is 14.4. The van der Waals surface area contributed by atoms with Gasteiger partial charge in [0.2, 0.25) is 0 Å². The van der Waals surface area contributed by atoms with Crippen LogP contribution in [-0.2, 0) is 6.42 Å². The summed E-state index contributed by atoms with van der Waals surface area (Å²) in [6.45, 7) is 0. The Balaban J connectivity index is 1.27. The molecule has 192 valence electrons. The summed E-state index contributed by atoms with van der Waals surface area (Å²) in [5.74, 6) is 0. The minimum absolute atomic E-state index is 1.02. The van der Waals surface area contributed by atoms with Gasteiger partial charge < -0.3 is 0 Å². The van der Waals surface area contributed by atoms with Crippen LogP contribution in [0.15, 0.2) is 133 Å². The average molecular weight is 523 g/mol. The molecule has 0 atom stereocenters. The zero-order valence-electron chi connectivity index (χ0n) is 22.5. The summed E-state index contributed by atoms with van der Waals surface area (Å²) in [7, 11) is 0. The number of imidazole rings is 1. The maximum absolute atomic E-state index is 5.15. The molecule has 2 heteroatoms. The number of allylic oxidation sites excluding steroid dienone is 1. The molecular weight excluding hydrogens is 496 g/mol. The van der Waals surface area contributed by atoms with E-state index < -0.39 is 0 Å². The van der Waals surface area contributed by atoms with E-state index in [0.717, 1.165) is 29.5 Å². The van der Waals surface area contributed by atoms with Crippen molar-refractivity contribution in [1.82, 2.24) is 9.38 Å². The van der Waals surface area contributed by atoms with Gasteiger partial charge >= 0.3 is 0 Å². The number of para-hydroxylation sites is 2. The van der Waals surface area contributed by atoms with E-state index in [4.69, 9.17) is 4.98 Å². The van der Waals surface area contributed by atoms with Crippen LogP contribution in [0.4, 0.5) is 0 Å². The van der Waals surface area contributed by atoms with Gasteiger partial charge in [0.25, 0.3) is 0 Å². The molecule has 9 rings (SSSR count). The first kappa shape index (κ1) is 22.6. The average Bonchev–Trinajstić information content (AvgIpc) is 3.44. The number of pyridine rings is 1. The molecule has 0 saturated heterocycles. The van der Waals surface area contributed by atoms with E-state index >= 15 is 0 Å².